The Bertz CT molecular complexity index is 445. The van der Waals surface area contributed by atoms with E-state index in [0.717, 1.165) is 23.1 Å². The minimum absolute atomic E-state index is 0.0142. The second-order valence-corrected chi connectivity index (χ2v) is 5.28. The van der Waals surface area contributed by atoms with Crippen molar-refractivity contribution in [3.63, 3.8) is 0 Å². The quantitative estimate of drug-likeness (QED) is 0.799. The Balaban J connectivity index is 2.23. The van der Waals surface area contributed by atoms with Crippen LogP contribution in [0.5, 0.6) is 5.75 Å². The van der Waals surface area contributed by atoms with Crippen molar-refractivity contribution in [3.05, 3.63) is 28.2 Å². The summed E-state index contributed by atoms with van der Waals surface area (Å²) in [6, 6.07) is 5.45. The second kappa shape index (κ2) is 5.85. The van der Waals surface area contributed by atoms with Crippen LogP contribution in [-0.2, 0) is 4.74 Å². The van der Waals surface area contributed by atoms with E-state index in [4.69, 9.17) is 9.47 Å². The number of benzene rings is 1. The number of hydrogen-bond donors (Lipinski definition) is 0. The van der Waals surface area contributed by atoms with Crippen LogP contribution in [0, 0.1) is 5.92 Å². The van der Waals surface area contributed by atoms with Crippen LogP contribution in [-0.4, -0.2) is 25.6 Å². The van der Waals surface area contributed by atoms with Gasteiger partial charge in [-0.15, -0.1) is 0 Å². The van der Waals surface area contributed by atoms with Gasteiger partial charge in [-0.1, -0.05) is 6.92 Å². The van der Waals surface area contributed by atoms with E-state index in [0.29, 0.717) is 12.2 Å². The largest absolute Gasteiger partial charge is 0.497 e. The van der Waals surface area contributed by atoms with Crippen LogP contribution in [0.25, 0.3) is 0 Å². The summed E-state index contributed by atoms with van der Waals surface area (Å²) in [7, 11) is 1.61. The molecule has 4 heteroatoms. The van der Waals surface area contributed by atoms with Crippen LogP contribution < -0.4 is 4.74 Å². The molecule has 0 radical (unpaired) electrons. The number of carbonyl (C=O) groups excluding carboxylic acids is 1. The van der Waals surface area contributed by atoms with Crippen LogP contribution in [0.3, 0.4) is 0 Å². The van der Waals surface area contributed by atoms with E-state index in [9.17, 15) is 4.79 Å². The predicted octanol–water partition coefficient (Wildman–Crippen LogP) is 3.46. The minimum atomic E-state index is -0.0142. The van der Waals surface area contributed by atoms with E-state index in [1.54, 1.807) is 7.11 Å². The van der Waals surface area contributed by atoms with Gasteiger partial charge < -0.3 is 9.47 Å². The molecule has 98 valence electrons. The molecule has 1 aromatic rings. The molecule has 1 aromatic carbocycles. The van der Waals surface area contributed by atoms with Crippen LogP contribution in [0.15, 0.2) is 22.7 Å². The Labute approximate surface area is 116 Å². The summed E-state index contributed by atoms with van der Waals surface area (Å²) in [5.41, 5.74) is 0.713. The lowest BCUT2D eigenvalue weighted by Crippen LogP contribution is -2.24. The number of ether oxygens (including phenoxy) is 2. The number of hydrogen-bond acceptors (Lipinski definition) is 3. The smallest absolute Gasteiger partial charge is 0.169 e. The van der Waals surface area contributed by atoms with E-state index in [2.05, 4.69) is 22.9 Å². The third kappa shape index (κ3) is 2.59. The zero-order chi connectivity index (χ0) is 13.1. The Morgan fingerprint density at radius 3 is 2.94 bits per heavy atom. The lowest BCUT2D eigenvalue weighted by Gasteiger charge is -2.16. The van der Waals surface area contributed by atoms with E-state index in [1.165, 1.54) is 0 Å². The average molecular weight is 313 g/mol. The lowest BCUT2D eigenvalue weighted by molar-refractivity contribution is 0.0688. The lowest BCUT2D eigenvalue weighted by atomic mass is 9.90. The summed E-state index contributed by atoms with van der Waals surface area (Å²) in [6.07, 6.45) is 1.76. The summed E-state index contributed by atoms with van der Waals surface area (Å²) < 4.78 is 11.5. The minimum Gasteiger partial charge on any atom is -0.497 e. The van der Waals surface area contributed by atoms with Crippen molar-refractivity contribution < 1.29 is 14.3 Å². The molecular weight excluding hydrogens is 296 g/mol. The third-order valence-corrected chi connectivity index (χ3v) is 4.05. The fourth-order valence-corrected chi connectivity index (χ4v) is 2.93. The first kappa shape index (κ1) is 13.6. The maximum atomic E-state index is 12.5. The maximum Gasteiger partial charge on any atom is 0.169 e. The van der Waals surface area contributed by atoms with Gasteiger partial charge in [-0.05, 0) is 47.0 Å². The first-order chi connectivity index (χ1) is 8.67. The van der Waals surface area contributed by atoms with Gasteiger partial charge in [0, 0.05) is 16.6 Å². The SMILES string of the molecule is CCC1OCCC1C(=O)c1ccc(OC)cc1Br. The normalized spacial score (nSPS) is 23.1. The molecule has 0 N–H and O–H groups in total. The number of rotatable bonds is 4. The van der Waals surface area contributed by atoms with Crippen molar-refractivity contribution in [1.82, 2.24) is 0 Å². The number of ketones is 1. The predicted molar refractivity (Wildman–Crippen MR) is 73.2 cm³/mol. The molecule has 2 unspecified atom stereocenters. The Morgan fingerprint density at radius 2 is 2.33 bits per heavy atom. The van der Waals surface area contributed by atoms with Gasteiger partial charge in [-0.25, -0.2) is 0 Å². The van der Waals surface area contributed by atoms with Crippen molar-refractivity contribution in [2.24, 2.45) is 5.92 Å². The summed E-state index contributed by atoms with van der Waals surface area (Å²) in [5.74, 6) is 0.890. The van der Waals surface area contributed by atoms with Gasteiger partial charge in [0.1, 0.15) is 5.75 Å². The fraction of sp³-hybridized carbons (Fsp3) is 0.500. The molecule has 1 aliphatic rings. The number of halogens is 1. The molecule has 0 saturated carbocycles. The van der Waals surface area contributed by atoms with Gasteiger partial charge in [0.05, 0.1) is 19.1 Å². The highest BCUT2D eigenvalue weighted by Crippen LogP contribution is 2.31. The molecule has 0 amide bonds. The standard InChI is InChI=1S/C14H17BrO3/c1-3-13-11(6-7-18-13)14(16)10-5-4-9(17-2)8-12(10)15/h4-5,8,11,13H,3,6-7H2,1-2H3. The van der Waals surface area contributed by atoms with Crippen LogP contribution in [0.4, 0.5) is 0 Å². The van der Waals surface area contributed by atoms with Crippen molar-refractivity contribution in [2.75, 3.05) is 13.7 Å². The topological polar surface area (TPSA) is 35.5 Å². The van der Waals surface area contributed by atoms with Gasteiger partial charge in [0.2, 0.25) is 0 Å². The van der Waals surface area contributed by atoms with Gasteiger partial charge in [-0.2, -0.15) is 0 Å². The molecule has 0 aromatic heterocycles. The Kier molecular flexibility index (Phi) is 4.40. The fourth-order valence-electron chi connectivity index (χ4n) is 2.37. The van der Waals surface area contributed by atoms with Gasteiger partial charge in [0.15, 0.2) is 5.78 Å². The van der Waals surface area contributed by atoms with E-state index >= 15 is 0 Å². The molecule has 1 fully saturated rings. The summed E-state index contributed by atoms with van der Waals surface area (Å²) in [4.78, 5) is 12.5. The first-order valence-corrected chi connectivity index (χ1v) is 6.96. The van der Waals surface area contributed by atoms with Crippen LogP contribution >= 0.6 is 15.9 Å². The number of carbonyl (C=O) groups is 1. The van der Waals surface area contributed by atoms with E-state index < -0.39 is 0 Å². The highest BCUT2D eigenvalue weighted by molar-refractivity contribution is 9.10. The summed E-state index contributed by atoms with van der Waals surface area (Å²) in [5, 5.41) is 0. The highest BCUT2D eigenvalue weighted by atomic mass is 79.9. The second-order valence-electron chi connectivity index (χ2n) is 4.42. The summed E-state index contributed by atoms with van der Waals surface area (Å²) in [6.45, 7) is 2.74. The van der Waals surface area contributed by atoms with Crippen molar-refractivity contribution in [1.29, 1.82) is 0 Å². The monoisotopic (exact) mass is 312 g/mol. The molecule has 18 heavy (non-hydrogen) atoms. The number of methoxy groups -OCH3 is 1. The number of Topliss-reactive ketones (excluding diaryl/α,β-unsaturated/α-hetero) is 1. The highest BCUT2D eigenvalue weighted by Gasteiger charge is 2.33. The molecule has 1 aliphatic heterocycles. The van der Waals surface area contributed by atoms with Gasteiger partial charge >= 0.3 is 0 Å². The molecule has 0 spiro atoms. The third-order valence-electron chi connectivity index (χ3n) is 3.39. The van der Waals surface area contributed by atoms with E-state index in [1.807, 2.05) is 18.2 Å². The van der Waals surface area contributed by atoms with Crippen molar-refractivity contribution in [3.8, 4) is 5.75 Å². The molecule has 0 aliphatic carbocycles. The average Bonchev–Trinajstić information content (AvgIpc) is 2.86. The van der Waals surface area contributed by atoms with Crippen molar-refractivity contribution >= 4 is 21.7 Å². The molecule has 1 saturated heterocycles. The van der Waals surface area contributed by atoms with Gasteiger partial charge in [0.25, 0.3) is 0 Å². The zero-order valence-corrected chi connectivity index (χ0v) is 12.2. The summed E-state index contributed by atoms with van der Waals surface area (Å²) >= 11 is 3.44. The van der Waals surface area contributed by atoms with E-state index in [-0.39, 0.29) is 17.8 Å². The molecule has 3 nitrogen and oxygen atoms in total. The Hall–Kier alpha value is -0.870. The van der Waals surface area contributed by atoms with Crippen molar-refractivity contribution in [2.45, 2.75) is 25.9 Å². The molecule has 2 rings (SSSR count). The molecule has 0 bridgehead atoms. The maximum absolute atomic E-state index is 12.5. The van der Waals surface area contributed by atoms with Crippen LogP contribution in [0.1, 0.15) is 30.1 Å². The molecule has 1 heterocycles. The Morgan fingerprint density at radius 1 is 1.56 bits per heavy atom. The van der Waals surface area contributed by atoms with Crippen LogP contribution in [0.2, 0.25) is 0 Å². The first-order valence-electron chi connectivity index (χ1n) is 6.16. The molecule has 2 atom stereocenters. The molecular formula is C14H17BrO3. The van der Waals surface area contributed by atoms with Gasteiger partial charge in [-0.3, -0.25) is 4.79 Å². The zero-order valence-electron chi connectivity index (χ0n) is 10.6.